The molecular formula is C4H7NO2S. The van der Waals surface area contributed by atoms with Gasteiger partial charge in [0.15, 0.2) is 0 Å². The van der Waals surface area contributed by atoms with E-state index < -0.39 is 0 Å². The van der Waals surface area contributed by atoms with Crippen LogP contribution in [0.2, 0.25) is 0 Å². The van der Waals surface area contributed by atoms with Crippen LogP contribution in [0.5, 0.6) is 0 Å². The van der Waals surface area contributed by atoms with Gasteiger partial charge < -0.3 is 0 Å². The third kappa shape index (κ3) is 0.809. The average molecular weight is 133 g/mol. The molecule has 1 N–H and O–H groups in total. The smallest absolute Gasteiger partial charge is 0.259 e. The molecule has 1 fully saturated rings. The molecule has 1 aliphatic heterocycles. The van der Waals surface area contributed by atoms with Gasteiger partial charge in [-0.05, 0) is 6.92 Å². The molecule has 1 heterocycles. The van der Waals surface area contributed by atoms with Crippen LogP contribution in [-0.4, -0.2) is 17.3 Å². The van der Waals surface area contributed by atoms with E-state index in [9.17, 15) is 4.79 Å². The molecule has 0 radical (unpaired) electrons. The van der Waals surface area contributed by atoms with Crippen molar-refractivity contribution in [1.82, 2.24) is 5.48 Å². The van der Waals surface area contributed by atoms with E-state index in [0.717, 1.165) is 0 Å². The second-order valence-electron chi connectivity index (χ2n) is 1.73. The Hall–Kier alpha value is -0.220. The highest BCUT2D eigenvalue weighted by molar-refractivity contribution is 7.81. The van der Waals surface area contributed by atoms with Crippen molar-refractivity contribution in [1.29, 1.82) is 0 Å². The fourth-order valence-electron chi connectivity index (χ4n) is 0.489. The van der Waals surface area contributed by atoms with Crippen LogP contribution in [0.25, 0.3) is 0 Å². The predicted molar refractivity (Wildman–Crippen MR) is 31.5 cm³/mol. The standard InChI is InChI=1S/C4H7NO2S/c1-2-3(8)4(6)5-7-2/h2-3,8H,1H3,(H,5,6). The molecule has 0 aromatic carbocycles. The molecule has 0 spiro atoms. The number of carbonyl (C=O) groups excluding carboxylic acids is 1. The number of hydrogen-bond donors (Lipinski definition) is 2. The number of thiol groups is 1. The fraction of sp³-hybridized carbons (Fsp3) is 0.750. The monoisotopic (exact) mass is 133 g/mol. The summed E-state index contributed by atoms with van der Waals surface area (Å²) in [5.41, 5.74) is 2.20. The molecule has 3 nitrogen and oxygen atoms in total. The first-order valence-electron chi connectivity index (χ1n) is 2.35. The second-order valence-corrected chi connectivity index (χ2v) is 2.29. The third-order valence-corrected chi connectivity index (χ3v) is 1.71. The number of rotatable bonds is 0. The Labute approximate surface area is 52.8 Å². The first-order chi connectivity index (χ1) is 3.72. The van der Waals surface area contributed by atoms with E-state index in [0.29, 0.717) is 0 Å². The molecule has 0 aromatic heterocycles. The summed E-state index contributed by atoms with van der Waals surface area (Å²) in [5, 5.41) is -0.296. The molecule has 1 amide bonds. The van der Waals surface area contributed by atoms with Gasteiger partial charge in [0.25, 0.3) is 5.91 Å². The predicted octanol–water partition coefficient (Wildman–Crippen LogP) is -0.265. The summed E-state index contributed by atoms with van der Waals surface area (Å²) in [6.07, 6.45) is -0.106. The maximum atomic E-state index is 10.5. The quantitative estimate of drug-likeness (QED) is 0.447. The Kier molecular flexibility index (Phi) is 1.44. The Balaban J connectivity index is 2.56. The van der Waals surface area contributed by atoms with Crippen molar-refractivity contribution in [3.05, 3.63) is 0 Å². The Morgan fingerprint density at radius 1 is 1.88 bits per heavy atom. The lowest BCUT2D eigenvalue weighted by Crippen LogP contribution is -2.20. The number of hydrogen-bond acceptors (Lipinski definition) is 3. The minimum Gasteiger partial charge on any atom is -0.271 e. The molecule has 4 heteroatoms. The van der Waals surface area contributed by atoms with Crippen molar-refractivity contribution in [2.45, 2.75) is 18.3 Å². The van der Waals surface area contributed by atoms with Gasteiger partial charge in [0.05, 0.1) is 0 Å². The lowest BCUT2D eigenvalue weighted by Gasteiger charge is -1.98. The minimum atomic E-state index is -0.296. The zero-order chi connectivity index (χ0) is 6.15. The van der Waals surface area contributed by atoms with Gasteiger partial charge in [-0.1, -0.05) is 0 Å². The van der Waals surface area contributed by atoms with Gasteiger partial charge in [0, 0.05) is 0 Å². The minimum absolute atomic E-state index is 0.106. The van der Waals surface area contributed by atoms with Gasteiger partial charge in [0.2, 0.25) is 0 Å². The molecule has 0 aromatic rings. The van der Waals surface area contributed by atoms with Crippen LogP contribution >= 0.6 is 12.6 Å². The maximum Gasteiger partial charge on any atom is 0.259 e. The fourth-order valence-corrected chi connectivity index (χ4v) is 0.603. The molecular weight excluding hydrogens is 126 g/mol. The largest absolute Gasteiger partial charge is 0.271 e. The summed E-state index contributed by atoms with van der Waals surface area (Å²) in [5.74, 6) is -0.152. The summed E-state index contributed by atoms with van der Waals surface area (Å²) in [4.78, 5) is 15.2. The molecule has 0 bridgehead atoms. The van der Waals surface area contributed by atoms with Gasteiger partial charge in [0.1, 0.15) is 11.4 Å². The molecule has 46 valence electrons. The molecule has 1 rings (SSSR count). The Bertz CT molecular complexity index is 117. The second kappa shape index (κ2) is 1.95. The van der Waals surface area contributed by atoms with E-state index in [1.807, 2.05) is 0 Å². The molecule has 8 heavy (non-hydrogen) atoms. The van der Waals surface area contributed by atoms with Gasteiger partial charge in [-0.15, -0.1) is 0 Å². The van der Waals surface area contributed by atoms with Crippen molar-refractivity contribution in [2.24, 2.45) is 0 Å². The molecule has 0 aliphatic carbocycles. The van der Waals surface area contributed by atoms with E-state index >= 15 is 0 Å². The first-order valence-corrected chi connectivity index (χ1v) is 2.87. The average Bonchev–Trinajstić information content (AvgIpc) is 1.98. The summed E-state index contributed by atoms with van der Waals surface area (Å²) < 4.78 is 0. The SMILES string of the molecule is CC1ONC(=O)C1S. The molecule has 1 saturated heterocycles. The highest BCUT2D eigenvalue weighted by atomic mass is 32.1. The molecule has 2 atom stereocenters. The number of nitrogens with one attached hydrogen (secondary N) is 1. The summed E-state index contributed by atoms with van der Waals surface area (Å²) in [6, 6.07) is 0. The summed E-state index contributed by atoms with van der Waals surface area (Å²) in [7, 11) is 0. The van der Waals surface area contributed by atoms with E-state index in [4.69, 9.17) is 4.84 Å². The van der Waals surface area contributed by atoms with E-state index in [2.05, 4.69) is 18.1 Å². The van der Waals surface area contributed by atoms with Gasteiger partial charge >= 0.3 is 0 Å². The van der Waals surface area contributed by atoms with Crippen molar-refractivity contribution in [3.63, 3.8) is 0 Å². The third-order valence-electron chi connectivity index (χ3n) is 1.06. The van der Waals surface area contributed by atoms with Crippen molar-refractivity contribution in [2.75, 3.05) is 0 Å². The highest BCUT2D eigenvalue weighted by Crippen LogP contribution is 2.10. The normalized spacial score (nSPS) is 37.5. The van der Waals surface area contributed by atoms with E-state index in [1.54, 1.807) is 6.92 Å². The summed E-state index contributed by atoms with van der Waals surface area (Å²) >= 11 is 3.95. The molecule has 1 aliphatic rings. The van der Waals surface area contributed by atoms with Crippen LogP contribution < -0.4 is 5.48 Å². The van der Waals surface area contributed by atoms with Crippen LogP contribution in [0.3, 0.4) is 0 Å². The Morgan fingerprint density at radius 2 is 2.50 bits per heavy atom. The van der Waals surface area contributed by atoms with Crippen LogP contribution in [0.1, 0.15) is 6.92 Å². The highest BCUT2D eigenvalue weighted by Gasteiger charge is 2.29. The number of carbonyl (C=O) groups is 1. The summed E-state index contributed by atoms with van der Waals surface area (Å²) in [6.45, 7) is 1.79. The van der Waals surface area contributed by atoms with Crippen molar-refractivity contribution in [3.8, 4) is 0 Å². The van der Waals surface area contributed by atoms with E-state index in [1.165, 1.54) is 0 Å². The van der Waals surface area contributed by atoms with Gasteiger partial charge in [-0.2, -0.15) is 12.6 Å². The molecule has 0 saturated carbocycles. The lowest BCUT2D eigenvalue weighted by molar-refractivity contribution is -0.124. The topological polar surface area (TPSA) is 38.3 Å². The number of hydroxylamine groups is 1. The van der Waals surface area contributed by atoms with Crippen molar-refractivity contribution >= 4 is 18.5 Å². The lowest BCUT2D eigenvalue weighted by atomic mass is 10.3. The Morgan fingerprint density at radius 3 is 2.62 bits per heavy atom. The van der Waals surface area contributed by atoms with Gasteiger partial charge in [-0.3, -0.25) is 9.63 Å². The zero-order valence-corrected chi connectivity index (χ0v) is 5.31. The van der Waals surface area contributed by atoms with Crippen LogP contribution in [-0.2, 0) is 9.63 Å². The maximum absolute atomic E-state index is 10.5. The first kappa shape index (κ1) is 5.91. The molecule has 2 unspecified atom stereocenters. The zero-order valence-electron chi connectivity index (χ0n) is 4.42. The van der Waals surface area contributed by atoms with Crippen molar-refractivity contribution < 1.29 is 9.63 Å². The van der Waals surface area contributed by atoms with Crippen LogP contribution in [0, 0.1) is 0 Å². The van der Waals surface area contributed by atoms with Gasteiger partial charge in [-0.25, -0.2) is 5.48 Å². The number of amides is 1. The van der Waals surface area contributed by atoms with E-state index in [-0.39, 0.29) is 17.3 Å². The van der Waals surface area contributed by atoms with Crippen LogP contribution in [0.15, 0.2) is 0 Å². The van der Waals surface area contributed by atoms with Crippen LogP contribution in [0.4, 0.5) is 0 Å².